The number of rotatable bonds is 4. The van der Waals surface area contributed by atoms with Gasteiger partial charge in [-0.05, 0) is 19.4 Å². The van der Waals surface area contributed by atoms with Gasteiger partial charge in [-0.1, -0.05) is 18.5 Å². The van der Waals surface area contributed by atoms with Crippen LogP contribution in [0.3, 0.4) is 0 Å². The van der Waals surface area contributed by atoms with Crippen LogP contribution >= 0.6 is 11.6 Å². The van der Waals surface area contributed by atoms with Crippen LogP contribution in [0.1, 0.15) is 30.6 Å². The zero-order valence-electron chi connectivity index (χ0n) is 9.44. The topological polar surface area (TPSA) is 85.1 Å². The summed E-state index contributed by atoms with van der Waals surface area (Å²) in [6.07, 6.45) is 2.00. The molecule has 17 heavy (non-hydrogen) atoms. The van der Waals surface area contributed by atoms with Crippen LogP contribution in [0.25, 0.3) is 0 Å². The highest BCUT2D eigenvalue weighted by Crippen LogP contribution is 2.25. The zero-order chi connectivity index (χ0) is 13.0. The number of nitrogens with one attached hydrogen (secondary N) is 1. The molecule has 0 saturated heterocycles. The second-order valence-electron chi connectivity index (χ2n) is 3.54. The number of hydrogen-bond donors (Lipinski definition) is 1. The van der Waals surface area contributed by atoms with Gasteiger partial charge in [-0.25, -0.2) is 4.98 Å². The van der Waals surface area contributed by atoms with Gasteiger partial charge in [0.05, 0.1) is 4.92 Å². The van der Waals surface area contributed by atoms with Crippen LogP contribution in [-0.4, -0.2) is 21.9 Å². The summed E-state index contributed by atoms with van der Waals surface area (Å²) in [5.74, 6) is -0.518. The van der Waals surface area contributed by atoms with Crippen molar-refractivity contribution in [2.75, 3.05) is 0 Å². The zero-order valence-corrected chi connectivity index (χ0v) is 10.2. The van der Waals surface area contributed by atoms with Crippen molar-refractivity contribution in [1.29, 1.82) is 0 Å². The fraction of sp³-hybridized carbons (Fsp3) is 0.400. The Morgan fingerprint density at radius 1 is 1.71 bits per heavy atom. The number of pyridine rings is 1. The Morgan fingerprint density at radius 3 is 2.88 bits per heavy atom. The monoisotopic (exact) mass is 257 g/mol. The molecule has 1 N–H and O–H groups in total. The Morgan fingerprint density at radius 2 is 2.35 bits per heavy atom. The fourth-order valence-electron chi connectivity index (χ4n) is 1.19. The summed E-state index contributed by atoms with van der Waals surface area (Å²) in [6.45, 7) is 3.71. The summed E-state index contributed by atoms with van der Waals surface area (Å²) in [4.78, 5) is 25.5. The SMILES string of the molecule is CCC(C)NC(=O)c1ccnc(Cl)c1[N+](=O)[O-]. The molecule has 0 bridgehead atoms. The highest BCUT2D eigenvalue weighted by molar-refractivity contribution is 6.32. The Balaban J connectivity index is 3.09. The van der Waals surface area contributed by atoms with Gasteiger partial charge in [0.25, 0.3) is 5.91 Å². The number of carbonyl (C=O) groups is 1. The highest BCUT2D eigenvalue weighted by atomic mass is 35.5. The molecule has 0 saturated carbocycles. The molecule has 0 aliphatic rings. The molecule has 1 rings (SSSR count). The predicted molar refractivity (Wildman–Crippen MR) is 63.1 cm³/mol. The van der Waals surface area contributed by atoms with E-state index >= 15 is 0 Å². The summed E-state index contributed by atoms with van der Waals surface area (Å²) in [5.41, 5.74) is -0.537. The Bertz CT molecular complexity index is 450. The quantitative estimate of drug-likeness (QED) is 0.509. The van der Waals surface area contributed by atoms with Gasteiger partial charge in [-0.3, -0.25) is 14.9 Å². The van der Waals surface area contributed by atoms with Crippen LogP contribution in [0.4, 0.5) is 5.69 Å². The van der Waals surface area contributed by atoms with Crippen molar-refractivity contribution < 1.29 is 9.72 Å². The van der Waals surface area contributed by atoms with Gasteiger partial charge in [0, 0.05) is 12.2 Å². The summed E-state index contributed by atoms with van der Waals surface area (Å²) < 4.78 is 0. The van der Waals surface area contributed by atoms with Gasteiger partial charge in [-0.2, -0.15) is 0 Å². The van der Waals surface area contributed by atoms with E-state index in [-0.39, 0.29) is 16.8 Å². The molecule has 1 unspecified atom stereocenters. The van der Waals surface area contributed by atoms with Crippen molar-refractivity contribution in [3.63, 3.8) is 0 Å². The highest BCUT2D eigenvalue weighted by Gasteiger charge is 2.25. The maximum Gasteiger partial charge on any atom is 0.319 e. The van der Waals surface area contributed by atoms with Gasteiger partial charge < -0.3 is 5.32 Å². The molecule has 1 aromatic rings. The maximum atomic E-state index is 11.8. The first-order valence-corrected chi connectivity index (χ1v) is 5.45. The first-order valence-electron chi connectivity index (χ1n) is 5.07. The lowest BCUT2D eigenvalue weighted by molar-refractivity contribution is -0.385. The van der Waals surface area contributed by atoms with Crippen molar-refractivity contribution >= 4 is 23.2 Å². The van der Waals surface area contributed by atoms with Crippen molar-refractivity contribution in [2.45, 2.75) is 26.3 Å². The van der Waals surface area contributed by atoms with E-state index in [0.29, 0.717) is 0 Å². The number of aromatic nitrogens is 1. The van der Waals surface area contributed by atoms with E-state index in [1.54, 1.807) is 0 Å². The van der Waals surface area contributed by atoms with Crippen LogP contribution in [0, 0.1) is 10.1 Å². The molecule has 0 aliphatic carbocycles. The Hall–Kier alpha value is -1.69. The summed E-state index contributed by atoms with van der Waals surface area (Å²) in [6, 6.07) is 1.22. The van der Waals surface area contributed by atoms with Crippen LogP contribution in [0.2, 0.25) is 5.15 Å². The van der Waals surface area contributed by atoms with Crippen molar-refractivity contribution in [2.24, 2.45) is 0 Å². The van der Waals surface area contributed by atoms with Gasteiger partial charge in [0.2, 0.25) is 5.15 Å². The van der Waals surface area contributed by atoms with E-state index in [4.69, 9.17) is 11.6 Å². The third kappa shape index (κ3) is 3.13. The molecule has 1 atom stereocenters. The minimum Gasteiger partial charge on any atom is -0.349 e. The van der Waals surface area contributed by atoms with E-state index in [0.717, 1.165) is 6.42 Å². The normalized spacial score (nSPS) is 11.9. The average Bonchev–Trinajstić information content (AvgIpc) is 2.27. The smallest absolute Gasteiger partial charge is 0.319 e. The largest absolute Gasteiger partial charge is 0.349 e. The lowest BCUT2D eigenvalue weighted by atomic mass is 10.2. The second-order valence-corrected chi connectivity index (χ2v) is 3.90. The molecule has 7 heteroatoms. The van der Waals surface area contributed by atoms with Crippen LogP contribution in [0.15, 0.2) is 12.3 Å². The first-order chi connectivity index (χ1) is 7.97. The van der Waals surface area contributed by atoms with Gasteiger partial charge in [0.15, 0.2) is 0 Å². The lowest BCUT2D eigenvalue weighted by Crippen LogP contribution is -2.32. The van der Waals surface area contributed by atoms with E-state index < -0.39 is 16.5 Å². The summed E-state index contributed by atoms with van der Waals surface area (Å²) in [7, 11) is 0. The minimum absolute atomic E-state index is 0.0611. The van der Waals surface area contributed by atoms with Gasteiger partial charge in [-0.15, -0.1) is 0 Å². The Kier molecular flexibility index (Phi) is 4.39. The van der Waals surface area contributed by atoms with E-state index in [9.17, 15) is 14.9 Å². The molecule has 0 fully saturated rings. The van der Waals surface area contributed by atoms with E-state index in [2.05, 4.69) is 10.3 Å². The van der Waals surface area contributed by atoms with Gasteiger partial charge >= 0.3 is 5.69 Å². The minimum atomic E-state index is -0.707. The molecule has 1 heterocycles. The third-order valence-corrected chi connectivity index (χ3v) is 2.57. The van der Waals surface area contributed by atoms with Crippen molar-refractivity contribution in [3.05, 3.63) is 33.1 Å². The van der Waals surface area contributed by atoms with Crippen molar-refractivity contribution in [3.8, 4) is 0 Å². The number of nitro groups is 1. The first kappa shape index (κ1) is 13.4. The standard InChI is InChI=1S/C10H12ClN3O3/c1-3-6(2)13-10(15)7-4-5-12-9(11)8(7)14(16)17/h4-6H,3H2,1-2H3,(H,13,15). The summed E-state index contributed by atoms with van der Waals surface area (Å²) in [5, 5.41) is 13.2. The molecule has 6 nitrogen and oxygen atoms in total. The van der Waals surface area contributed by atoms with Gasteiger partial charge in [0.1, 0.15) is 5.56 Å². The Labute approximate surface area is 103 Å². The molecule has 0 aromatic carbocycles. The maximum absolute atomic E-state index is 11.8. The van der Waals surface area contributed by atoms with Crippen molar-refractivity contribution in [1.82, 2.24) is 10.3 Å². The summed E-state index contributed by atoms with van der Waals surface area (Å²) >= 11 is 5.61. The molecule has 0 spiro atoms. The predicted octanol–water partition coefficient (Wildman–Crippen LogP) is 2.17. The molecule has 0 radical (unpaired) electrons. The molecular weight excluding hydrogens is 246 g/mol. The van der Waals surface area contributed by atoms with Crippen LogP contribution < -0.4 is 5.32 Å². The fourth-order valence-corrected chi connectivity index (χ4v) is 1.42. The average molecular weight is 258 g/mol. The number of halogens is 1. The molecular formula is C10H12ClN3O3. The van der Waals surface area contributed by atoms with Crippen LogP contribution in [0.5, 0.6) is 0 Å². The molecule has 1 aromatic heterocycles. The number of hydrogen-bond acceptors (Lipinski definition) is 4. The van der Waals surface area contributed by atoms with Crippen LogP contribution in [-0.2, 0) is 0 Å². The lowest BCUT2D eigenvalue weighted by Gasteiger charge is -2.11. The molecule has 92 valence electrons. The second kappa shape index (κ2) is 5.58. The number of nitrogens with zero attached hydrogens (tertiary/aromatic N) is 2. The molecule has 0 aliphatic heterocycles. The third-order valence-electron chi connectivity index (χ3n) is 2.30. The number of amides is 1. The van der Waals surface area contributed by atoms with E-state index in [1.165, 1.54) is 12.3 Å². The molecule has 1 amide bonds. The number of carbonyl (C=O) groups excluding carboxylic acids is 1. The van der Waals surface area contributed by atoms with E-state index in [1.807, 2.05) is 13.8 Å².